The van der Waals surface area contributed by atoms with Crippen molar-refractivity contribution in [3.05, 3.63) is 0 Å². The van der Waals surface area contributed by atoms with Crippen molar-refractivity contribution in [3.63, 3.8) is 0 Å². The number of hydrogen-bond donors (Lipinski definition) is 2. The molecule has 84 valence electrons. The summed E-state index contributed by atoms with van der Waals surface area (Å²) in [4.78, 5) is 0. The molecule has 1 rings (SSSR count). The molecule has 0 unspecified atom stereocenters. The topological polar surface area (TPSA) is 61.4 Å². The highest BCUT2D eigenvalue weighted by Crippen LogP contribution is 2.10. The number of hydrogen-bond acceptors (Lipinski definition) is 3. The summed E-state index contributed by atoms with van der Waals surface area (Å²) < 4.78 is 27.5. The first-order chi connectivity index (χ1) is 6.22. The van der Waals surface area contributed by atoms with Crippen LogP contribution in [0.5, 0.6) is 0 Å². The molecule has 0 amide bonds. The van der Waals surface area contributed by atoms with Gasteiger partial charge in [0.05, 0.1) is 6.04 Å². The SMILES string of the molecule is CN(C1CNC1)S(=O)(=O)NC(C)(C)C. The van der Waals surface area contributed by atoms with Crippen LogP contribution in [0.4, 0.5) is 0 Å². The molecule has 0 spiro atoms. The van der Waals surface area contributed by atoms with E-state index in [1.807, 2.05) is 20.8 Å². The molecule has 1 fully saturated rings. The van der Waals surface area contributed by atoms with Crippen LogP contribution >= 0.6 is 0 Å². The van der Waals surface area contributed by atoms with Gasteiger partial charge in [0, 0.05) is 25.7 Å². The van der Waals surface area contributed by atoms with Gasteiger partial charge in [0.25, 0.3) is 10.2 Å². The Hall–Kier alpha value is -0.170. The fourth-order valence-electron chi connectivity index (χ4n) is 1.19. The van der Waals surface area contributed by atoms with E-state index < -0.39 is 15.7 Å². The van der Waals surface area contributed by atoms with Crippen molar-refractivity contribution in [3.8, 4) is 0 Å². The van der Waals surface area contributed by atoms with Gasteiger partial charge in [0.15, 0.2) is 0 Å². The molecule has 0 radical (unpaired) electrons. The molecule has 5 nitrogen and oxygen atoms in total. The predicted molar refractivity (Wildman–Crippen MR) is 56.2 cm³/mol. The van der Waals surface area contributed by atoms with E-state index >= 15 is 0 Å². The Morgan fingerprint density at radius 2 is 1.86 bits per heavy atom. The molecule has 0 bridgehead atoms. The molecule has 0 atom stereocenters. The highest BCUT2D eigenvalue weighted by Gasteiger charge is 2.32. The van der Waals surface area contributed by atoms with E-state index in [1.54, 1.807) is 7.05 Å². The average molecular weight is 221 g/mol. The first kappa shape index (κ1) is 11.9. The zero-order chi connectivity index (χ0) is 11.0. The average Bonchev–Trinajstić information content (AvgIpc) is 1.76. The molecule has 0 aromatic carbocycles. The molecule has 0 aromatic heterocycles. The van der Waals surface area contributed by atoms with Gasteiger partial charge in [-0.3, -0.25) is 0 Å². The van der Waals surface area contributed by atoms with Gasteiger partial charge in [-0.2, -0.15) is 17.4 Å². The number of nitrogens with zero attached hydrogens (tertiary/aromatic N) is 1. The Bertz CT molecular complexity index is 290. The van der Waals surface area contributed by atoms with E-state index in [0.29, 0.717) is 0 Å². The van der Waals surface area contributed by atoms with Crippen LogP contribution in [0.2, 0.25) is 0 Å². The second-order valence-corrected chi connectivity index (χ2v) is 6.42. The lowest BCUT2D eigenvalue weighted by molar-refractivity contribution is 0.267. The Kier molecular flexibility index (Phi) is 3.20. The molecule has 1 aliphatic heterocycles. The van der Waals surface area contributed by atoms with Crippen LogP contribution < -0.4 is 10.0 Å². The van der Waals surface area contributed by atoms with Gasteiger partial charge in [0.1, 0.15) is 0 Å². The van der Waals surface area contributed by atoms with E-state index in [1.165, 1.54) is 4.31 Å². The molecule has 1 aliphatic rings. The zero-order valence-electron chi connectivity index (χ0n) is 9.16. The Balaban J connectivity index is 2.64. The first-order valence-electron chi connectivity index (χ1n) is 4.70. The maximum Gasteiger partial charge on any atom is 0.280 e. The normalized spacial score (nSPS) is 19.8. The quantitative estimate of drug-likeness (QED) is 0.677. The first-order valence-corrected chi connectivity index (χ1v) is 6.14. The number of rotatable bonds is 3. The summed E-state index contributed by atoms with van der Waals surface area (Å²) in [5.41, 5.74) is -0.426. The number of likely N-dealkylation sites (N-methyl/N-ethyl adjacent to an activating group) is 1. The molecule has 0 aromatic rings. The summed E-state index contributed by atoms with van der Waals surface area (Å²) in [6.45, 7) is 6.97. The summed E-state index contributed by atoms with van der Waals surface area (Å²) >= 11 is 0. The minimum atomic E-state index is -3.33. The second kappa shape index (κ2) is 3.77. The Morgan fingerprint density at radius 1 is 1.36 bits per heavy atom. The summed E-state index contributed by atoms with van der Waals surface area (Å²) in [5, 5.41) is 3.04. The highest BCUT2D eigenvalue weighted by atomic mass is 32.2. The maximum atomic E-state index is 11.8. The van der Waals surface area contributed by atoms with Gasteiger partial charge in [-0.25, -0.2) is 0 Å². The minimum absolute atomic E-state index is 0.0925. The summed E-state index contributed by atoms with van der Waals surface area (Å²) in [5.74, 6) is 0. The molecule has 6 heteroatoms. The van der Waals surface area contributed by atoms with Gasteiger partial charge in [-0.05, 0) is 20.8 Å². The van der Waals surface area contributed by atoms with Crippen molar-refractivity contribution in [1.29, 1.82) is 0 Å². The summed E-state index contributed by atoms with van der Waals surface area (Å²) in [6, 6.07) is 0.0925. The van der Waals surface area contributed by atoms with Gasteiger partial charge in [-0.15, -0.1) is 0 Å². The Labute approximate surface area is 86.0 Å². The van der Waals surface area contributed by atoms with Crippen molar-refractivity contribution in [2.75, 3.05) is 20.1 Å². The van der Waals surface area contributed by atoms with E-state index in [0.717, 1.165) is 13.1 Å². The summed E-state index contributed by atoms with van der Waals surface area (Å²) in [6.07, 6.45) is 0. The minimum Gasteiger partial charge on any atom is -0.313 e. The van der Waals surface area contributed by atoms with Crippen LogP contribution in [-0.4, -0.2) is 44.4 Å². The molecular formula is C8H19N3O2S. The van der Waals surface area contributed by atoms with E-state index in [-0.39, 0.29) is 6.04 Å². The lowest BCUT2D eigenvalue weighted by atomic mass is 10.1. The van der Waals surface area contributed by atoms with Crippen LogP contribution in [0, 0.1) is 0 Å². The molecule has 1 saturated heterocycles. The van der Waals surface area contributed by atoms with Crippen LogP contribution in [0.3, 0.4) is 0 Å². The standard InChI is InChI=1S/C8H19N3O2S/c1-8(2,3)10-14(12,13)11(4)7-5-9-6-7/h7,9-10H,5-6H2,1-4H3. The van der Waals surface area contributed by atoms with E-state index in [2.05, 4.69) is 10.0 Å². The van der Waals surface area contributed by atoms with Gasteiger partial charge in [0.2, 0.25) is 0 Å². The molecule has 1 heterocycles. The fourth-order valence-corrected chi connectivity index (χ4v) is 2.65. The van der Waals surface area contributed by atoms with Crippen molar-refractivity contribution in [2.24, 2.45) is 0 Å². The van der Waals surface area contributed by atoms with Crippen molar-refractivity contribution in [2.45, 2.75) is 32.4 Å². The van der Waals surface area contributed by atoms with Gasteiger partial charge in [-0.1, -0.05) is 0 Å². The zero-order valence-corrected chi connectivity index (χ0v) is 9.98. The molecular weight excluding hydrogens is 202 g/mol. The maximum absolute atomic E-state index is 11.8. The van der Waals surface area contributed by atoms with Crippen molar-refractivity contribution < 1.29 is 8.42 Å². The number of nitrogens with one attached hydrogen (secondary N) is 2. The Morgan fingerprint density at radius 3 is 2.14 bits per heavy atom. The second-order valence-electron chi connectivity index (χ2n) is 4.69. The van der Waals surface area contributed by atoms with Crippen molar-refractivity contribution >= 4 is 10.2 Å². The molecule has 0 saturated carbocycles. The monoisotopic (exact) mass is 221 g/mol. The lowest BCUT2D eigenvalue weighted by Crippen LogP contribution is -2.60. The van der Waals surface area contributed by atoms with Crippen LogP contribution in [0.15, 0.2) is 0 Å². The molecule has 14 heavy (non-hydrogen) atoms. The largest absolute Gasteiger partial charge is 0.313 e. The summed E-state index contributed by atoms with van der Waals surface area (Å²) in [7, 11) is -1.72. The van der Waals surface area contributed by atoms with Crippen LogP contribution in [-0.2, 0) is 10.2 Å². The van der Waals surface area contributed by atoms with Crippen LogP contribution in [0.1, 0.15) is 20.8 Å². The van der Waals surface area contributed by atoms with Crippen LogP contribution in [0.25, 0.3) is 0 Å². The molecule has 2 N–H and O–H groups in total. The van der Waals surface area contributed by atoms with E-state index in [9.17, 15) is 8.42 Å². The third-order valence-electron chi connectivity index (χ3n) is 2.09. The highest BCUT2D eigenvalue weighted by molar-refractivity contribution is 7.87. The molecule has 0 aliphatic carbocycles. The lowest BCUT2D eigenvalue weighted by Gasteiger charge is -2.36. The van der Waals surface area contributed by atoms with Gasteiger partial charge < -0.3 is 5.32 Å². The van der Waals surface area contributed by atoms with E-state index in [4.69, 9.17) is 0 Å². The van der Waals surface area contributed by atoms with Crippen molar-refractivity contribution in [1.82, 2.24) is 14.3 Å². The third kappa shape index (κ3) is 2.91. The third-order valence-corrected chi connectivity index (χ3v) is 4.02. The van der Waals surface area contributed by atoms with Gasteiger partial charge >= 0.3 is 0 Å². The predicted octanol–water partition coefficient (Wildman–Crippen LogP) is -0.477. The smallest absolute Gasteiger partial charge is 0.280 e. The fraction of sp³-hybridized carbons (Fsp3) is 1.00.